The van der Waals surface area contributed by atoms with Crippen LogP contribution < -0.4 is 0 Å². The summed E-state index contributed by atoms with van der Waals surface area (Å²) in [5, 5.41) is 0. The molecule has 0 heterocycles. The lowest BCUT2D eigenvalue weighted by molar-refractivity contribution is 0.0206. The molecule has 0 radical (unpaired) electrons. The van der Waals surface area contributed by atoms with Crippen molar-refractivity contribution >= 4 is 0 Å². The molecule has 2 unspecified atom stereocenters. The molecule has 2 aliphatic carbocycles. The maximum absolute atomic E-state index is 2.73. The number of rotatable bonds is 2. The second-order valence-corrected chi connectivity index (χ2v) is 12.4. The van der Waals surface area contributed by atoms with Crippen LogP contribution in [0.2, 0.25) is 0 Å². The monoisotopic (exact) mass is 418 g/mol. The molecule has 0 bridgehead atoms. The van der Waals surface area contributed by atoms with Gasteiger partial charge in [0, 0.05) is 0 Å². The summed E-state index contributed by atoms with van der Waals surface area (Å²) >= 11 is 0. The SMILES string of the molecule is CC(C)C1CCCCCCC(C)(C2(C)CCCCCCCCCCC2)CCCCC1. The van der Waals surface area contributed by atoms with Gasteiger partial charge < -0.3 is 0 Å². The lowest BCUT2D eigenvalue weighted by atomic mass is 9.57. The minimum atomic E-state index is 0.572. The van der Waals surface area contributed by atoms with Gasteiger partial charge in [-0.25, -0.2) is 0 Å². The van der Waals surface area contributed by atoms with E-state index in [9.17, 15) is 0 Å². The topological polar surface area (TPSA) is 0 Å². The van der Waals surface area contributed by atoms with Gasteiger partial charge in [-0.2, -0.15) is 0 Å². The fraction of sp³-hybridized carbons (Fsp3) is 1.00. The van der Waals surface area contributed by atoms with Gasteiger partial charge in [0.05, 0.1) is 0 Å². The minimum Gasteiger partial charge on any atom is -0.0625 e. The molecule has 2 atom stereocenters. The summed E-state index contributed by atoms with van der Waals surface area (Å²) in [7, 11) is 0. The van der Waals surface area contributed by atoms with Crippen LogP contribution in [-0.4, -0.2) is 0 Å². The summed E-state index contributed by atoms with van der Waals surface area (Å²) in [4.78, 5) is 0. The molecule has 178 valence electrons. The third-order valence-electron chi connectivity index (χ3n) is 9.71. The summed E-state index contributed by atoms with van der Waals surface area (Å²) in [6.07, 6.45) is 32.8. The van der Waals surface area contributed by atoms with Crippen LogP contribution in [0.1, 0.15) is 169 Å². The van der Waals surface area contributed by atoms with Crippen LogP contribution in [0, 0.1) is 22.7 Å². The van der Waals surface area contributed by atoms with Gasteiger partial charge in [0.15, 0.2) is 0 Å². The van der Waals surface area contributed by atoms with Crippen LogP contribution >= 0.6 is 0 Å². The molecule has 0 aromatic rings. The predicted octanol–water partition coefficient (Wildman–Crippen LogP) is 10.9. The molecular weight excluding hydrogens is 360 g/mol. The van der Waals surface area contributed by atoms with Crippen LogP contribution in [0.3, 0.4) is 0 Å². The van der Waals surface area contributed by atoms with E-state index in [-0.39, 0.29) is 0 Å². The van der Waals surface area contributed by atoms with Gasteiger partial charge in [-0.1, -0.05) is 143 Å². The van der Waals surface area contributed by atoms with Crippen molar-refractivity contribution in [1.82, 2.24) is 0 Å². The van der Waals surface area contributed by atoms with E-state index in [0.29, 0.717) is 10.8 Å². The summed E-state index contributed by atoms with van der Waals surface area (Å²) < 4.78 is 0. The highest BCUT2D eigenvalue weighted by Gasteiger charge is 2.42. The molecule has 2 saturated carbocycles. The quantitative estimate of drug-likeness (QED) is 0.418. The molecule has 0 N–H and O–H groups in total. The highest BCUT2D eigenvalue weighted by Crippen LogP contribution is 2.53. The Balaban J connectivity index is 2.03. The van der Waals surface area contributed by atoms with Gasteiger partial charge in [-0.15, -0.1) is 0 Å². The van der Waals surface area contributed by atoms with Gasteiger partial charge >= 0.3 is 0 Å². The van der Waals surface area contributed by atoms with E-state index in [2.05, 4.69) is 27.7 Å². The van der Waals surface area contributed by atoms with Crippen molar-refractivity contribution in [1.29, 1.82) is 0 Å². The van der Waals surface area contributed by atoms with Crippen LogP contribution in [0.5, 0.6) is 0 Å². The first-order valence-electron chi connectivity index (χ1n) is 14.5. The van der Waals surface area contributed by atoms with E-state index in [1.165, 1.54) is 141 Å². The fourth-order valence-corrected chi connectivity index (χ4v) is 6.91. The van der Waals surface area contributed by atoms with Gasteiger partial charge in [0.1, 0.15) is 0 Å². The van der Waals surface area contributed by atoms with Gasteiger partial charge in [-0.3, -0.25) is 0 Å². The molecular formula is C30H58. The summed E-state index contributed by atoms with van der Waals surface area (Å²) in [5.74, 6) is 1.87. The van der Waals surface area contributed by atoms with Crippen molar-refractivity contribution < 1.29 is 0 Å². The van der Waals surface area contributed by atoms with Crippen LogP contribution in [-0.2, 0) is 0 Å². The standard InChI is InChI=1S/C30H58/c1-27(2)28-21-15-10-13-19-25-30(4,26-20-14-16-22-28)29(3)23-17-11-8-6-5-7-9-12-18-24-29/h27-28H,5-26H2,1-4H3. The first kappa shape index (κ1) is 26.3. The van der Waals surface area contributed by atoms with E-state index >= 15 is 0 Å². The first-order chi connectivity index (χ1) is 14.5. The number of hydrogen-bond acceptors (Lipinski definition) is 0. The second-order valence-electron chi connectivity index (χ2n) is 12.4. The Bertz CT molecular complexity index is 410. The summed E-state index contributed by atoms with van der Waals surface area (Å²) in [5.41, 5.74) is 1.15. The average Bonchev–Trinajstić information content (AvgIpc) is 2.72. The lowest BCUT2D eigenvalue weighted by Gasteiger charge is -2.48. The molecule has 0 aliphatic heterocycles. The van der Waals surface area contributed by atoms with E-state index in [0.717, 1.165) is 11.8 Å². The third kappa shape index (κ3) is 8.86. The predicted molar refractivity (Wildman–Crippen MR) is 136 cm³/mol. The van der Waals surface area contributed by atoms with Crippen molar-refractivity contribution in [2.24, 2.45) is 22.7 Å². The van der Waals surface area contributed by atoms with Gasteiger partial charge in [0.25, 0.3) is 0 Å². The van der Waals surface area contributed by atoms with E-state index < -0.39 is 0 Å². The summed E-state index contributed by atoms with van der Waals surface area (Å²) in [6.45, 7) is 10.4. The highest BCUT2D eigenvalue weighted by atomic mass is 14.5. The van der Waals surface area contributed by atoms with Crippen molar-refractivity contribution in [2.45, 2.75) is 169 Å². The lowest BCUT2D eigenvalue weighted by Crippen LogP contribution is -2.38. The molecule has 2 aliphatic rings. The largest absolute Gasteiger partial charge is 0.0625 e. The minimum absolute atomic E-state index is 0.572. The molecule has 30 heavy (non-hydrogen) atoms. The molecule has 2 fully saturated rings. The normalized spacial score (nSPS) is 32.1. The molecule has 0 heteroatoms. The molecule has 0 aromatic heterocycles. The van der Waals surface area contributed by atoms with Gasteiger partial charge in [0.2, 0.25) is 0 Å². The smallest absolute Gasteiger partial charge is 0.0272 e. The molecule has 0 amide bonds. The molecule has 0 spiro atoms. The van der Waals surface area contributed by atoms with Crippen molar-refractivity contribution in [3.8, 4) is 0 Å². The zero-order valence-electron chi connectivity index (χ0n) is 21.7. The Labute approximate surface area is 191 Å². The Morgan fingerprint density at radius 2 is 0.700 bits per heavy atom. The zero-order valence-corrected chi connectivity index (χ0v) is 21.7. The molecule has 0 saturated heterocycles. The maximum atomic E-state index is 2.73. The average molecular weight is 419 g/mol. The first-order valence-corrected chi connectivity index (χ1v) is 14.5. The van der Waals surface area contributed by atoms with E-state index in [1.54, 1.807) is 0 Å². The van der Waals surface area contributed by atoms with Gasteiger partial charge in [-0.05, 0) is 48.3 Å². The molecule has 2 rings (SSSR count). The Morgan fingerprint density at radius 1 is 0.433 bits per heavy atom. The van der Waals surface area contributed by atoms with E-state index in [4.69, 9.17) is 0 Å². The molecule has 0 nitrogen and oxygen atoms in total. The third-order valence-corrected chi connectivity index (χ3v) is 9.71. The number of hydrogen-bond donors (Lipinski definition) is 0. The van der Waals surface area contributed by atoms with Crippen molar-refractivity contribution in [2.75, 3.05) is 0 Å². The maximum Gasteiger partial charge on any atom is -0.0272 e. The fourth-order valence-electron chi connectivity index (χ4n) is 6.91. The Morgan fingerprint density at radius 3 is 1.03 bits per heavy atom. The zero-order chi connectivity index (χ0) is 21.7. The van der Waals surface area contributed by atoms with Crippen LogP contribution in [0.15, 0.2) is 0 Å². The Kier molecular flexibility index (Phi) is 12.4. The van der Waals surface area contributed by atoms with Crippen molar-refractivity contribution in [3.63, 3.8) is 0 Å². The molecule has 0 aromatic carbocycles. The highest BCUT2D eigenvalue weighted by molar-refractivity contribution is 4.93. The van der Waals surface area contributed by atoms with Crippen LogP contribution in [0.25, 0.3) is 0 Å². The van der Waals surface area contributed by atoms with Crippen molar-refractivity contribution in [3.05, 3.63) is 0 Å². The second kappa shape index (κ2) is 14.2. The van der Waals surface area contributed by atoms with E-state index in [1.807, 2.05) is 0 Å². The Hall–Kier alpha value is 0. The van der Waals surface area contributed by atoms with Crippen LogP contribution in [0.4, 0.5) is 0 Å². The summed E-state index contributed by atoms with van der Waals surface area (Å²) in [6, 6.07) is 0.